The quantitative estimate of drug-likeness (QED) is 0.304. The minimum Gasteiger partial charge on any atom is -0.467 e. The van der Waals surface area contributed by atoms with Crippen molar-refractivity contribution in [1.82, 2.24) is 15.0 Å². The van der Waals surface area contributed by atoms with Gasteiger partial charge in [0.1, 0.15) is 22.7 Å². The van der Waals surface area contributed by atoms with Crippen molar-refractivity contribution >= 4 is 33.3 Å². The molecule has 0 amide bonds. The summed E-state index contributed by atoms with van der Waals surface area (Å²) >= 11 is 1.62. The second-order valence-corrected chi connectivity index (χ2v) is 11.2. The van der Waals surface area contributed by atoms with Gasteiger partial charge in [0, 0.05) is 12.5 Å². The standard InChI is InChI=1S/C27H31N5O4S/c1-14(19-9-7-11-34-19)28-26-29-15(2)21(25-31-17-8-5-6-10-20(17)37-25)24(32-26)30-18-12-16(13-33)22-23(18)36-27(3,4)35-22/h5-11,14,16,18,22-23,33H,12-13H2,1-4H3,(H2,28,29,30,32)/t14?,16-,18?,22-,23+/m1/s1. The van der Waals surface area contributed by atoms with Crippen molar-refractivity contribution in [2.45, 2.75) is 64.2 Å². The van der Waals surface area contributed by atoms with Crippen LogP contribution in [0.4, 0.5) is 11.8 Å². The van der Waals surface area contributed by atoms with E-state index in [-0.39, 0.29) is 36.8 Å². The van der Waals surface area contributed by atoms with Crippen LogP contribution in [0.15, 0.2) is 47.1 Å². The van der Waals surface area contributed by atoms with Gasteiger partial charge in [0.2, 0.25) is 5.95 Å². The number of nitrogens with zero attached hydrogens (tertiary/aromatic N) is 3. The number of nitrogens with one attached hydrogen (secondary N) is 2. The summed E-state index contributed by atoms with van der Waals surface area (Å²) in [7, 11) is 0. The number of aromatic nitrogens is 3. The zero-order valence-electron chi connectivity index (χ0n) is 21.3. The van der Waals surface area contributed by atoms with Crippen molar-refractivity contribution in [3.63, 3.8) is 0 Å². The monoisotopic (exact) mass is 521 g/mol. The van der Waals surface area contributed by atoms with E-state index in [0.29, 0.717) is 18.2 Å². The van der Waals surface area contributed by atoms with Crippen LogP contribution in [0.5, 0.6) is 0 Å². The maximum Gasteiger partial charge on any atom is 0.225 e. The Labute approximate surface area is 219 Å². The van der Waals surface area contributed by atoms with Gasteiger partial charge >= 0.3 is 0 Å². The highest BCUT2D eigenvalue weighted by molar-refractivity contribution is 7.21. The number of hydrogen-bond donors (Lipinski definition) is 3. The van der Waals surface area contributed by atoms with Crippen LogP contribution < -0.4 is 10.6 Å². The molecule has 0 spiro atoms. The molecule has 5 atom stereocenters. The number of aliphatic hydroxyl groups excluding tert-OH is 1. The van der Waals surface area contributed by atoms with Gasteiger partial charge in [0.25, 0.3) is 0 Å². The van der Waals surface area contributed by atoms with E-state index in [9.17, 15) is 5.11 Å². The lowest BCUT2D eigenvalue weighted by Crippen LogP contribution is -2.35. The first-order chi connectivity index (χ1) is 17.8. The molecule has 1 aliphatic heterocycles. The Kier molecular flexibility index (Phi) is 6.15. The van der Waals surface area contributed by atoms with Crippen molar-refractivity contribution in [2.24, 2.45) is 5.92 Å². The Balaban J connectivity index is 1.39. The zero-order valence-corrected chi connectivity index (χ0v) is 22.1. The maximum atomic E-state index is 10.0. The molecule has 0 bridgehead atoms. The molecule has 4 heterocycles. The molecule has 2 fully saturated rings. The fourth-order valence-electron chi connectivity index (χ4n) is 5.36. The largest absolute Gasteiger partial charge is 0.467 e. The van der Waals surface area contributed by atoms with Crippen LogP contribution in [0, 0.1) is 12.8 Å². The molecule has 9 nitrogen and oxygen atoms in total. The predicted molar refractivity (Wildman–Crippen MR) is 143 cm³/mol. The average Bonchev–Trinajstić information content (AvgIpc) is 3.63. The molecule has 0 radical (unpaired) electrons. The van der Waals surface area contributed by atoms with Crippen molar-refractivity contribution in [1.29, 1.82) is 0 Å². The molecule has 3 aromatic heterocycles. The second kappa shape index (κ2) is 9.36. The van der Waals surface area contributed by atoms with Gasteiger partial charge in [-0.2, -0.15) is 4.98 Å². The smallest absolute Gasteiger partial charge is 0.225 e. The third-order valence-electron chi connectivity index (χ3n) is 7.05. The second-order valence-electron chi connectivity index (χ2n) is 10.2. The molecule has 37 heavy (non-hydrogen) atoms. The molecule has 2 aliphatic rings. The summed E-state index contributed by atoms with van der Waals surface area (Å²) in [5.41, 5.74) is 2.61. The Morgan fingerprint density at radius 3 is 2.68 bits per heavy atom. The predicted octanol–water partition coefficient (Wildman–Crippen LogP) is 5.14. The minimum atomic E-state index is -0.703. The van der Waals surface area contributed by atoms with E-state index in [2.05, 4.69) is 16.7 Å². The van der Waals surface area contributed by atoms with Crippen molar-refractivity contribution < 1.29 is 19.0 Å². The summed E-state index contributed by atoms with van der Waals surface area (Å²) in [6.07, 6.45) is 1.98. The molecule has 1 saturated carbocycles. The Bertz CT molecular complexity index is 1370. The zero-order chi connectivity index (χ0) is 25.7. The van der Waals surface area contributed by atoms with Gasteiger partial charge < -0.3 is 29.6 Å². The number of furan rings is 1. The first-order valence-electron chi connectivity index (χ1n) is 12.6. The molecular formula is C27H31N5O4S. The molecule has 10 heteroatoms. The van der Waals surface area contributed by atoms with Crippen molar-refractivity contribution in [2.75, 3.05) is 17.2 Å². The highest BCUT2D eigenvalue weighted by Gasteiger charge is 2.54. The fraction of sp³-hybridized carbons (Fsp3) is 0.444. The molecule has 6 rings (SSSR count). The first kappa shape index (κ1) is 24.3. The van der Waals surface area contributed by atoms with Crippen molar-refractivity contribution in [3.05, 3.63) is 54.1 Å². The number of benzene rings is 1. The van der Waals surface area contributed by atoms with Crippen LogP contribution in [0.1, 0.15) is 44.7 Å². The molecule has 194 valence electrons. The molecular weight excluding hydrogens is 490 g/mol. The number of hydrogen-bond acceptors (Lipinski definition) is 10. The number of thiazole rings is 1. The fourth-order valence-corrected chi connectivity index (χ4v) is 6.43. The summed E-state index contributed by atoms with van der Waals surface area (Å²) in [5.74, 6) is 1.25. The van der Waals surface area contributed by atoms with E-state index in [1.165, 1.54) is 0 Å². The third-order valence-corrected chi connectivity index (χ3v) is 8.11. The molecule has 1 saturated heterocycles. The van der Waals surface area contributed by atoms with E-state index < -0.39 is 5.79 Å². The van der Waals surface area contributed by atoms with Crippen LogP contribution in [0.2, 0.25) is 0 Å². The number of fused-ring (bicyclic) bond motifs is 2. The highest BCUT2D eigenvalue weighted by Crippen LogP contribution is 2.44. The van der Waals surface area contributed by atoms with Gasteiger partial charge in [0.15, 0.2) is 5.79 Å². The van der Waals surface area contributed by atoms with Crippen LogP contribution >= 0.6 is 11.3 Å². The summed E-state index contributed by atoms with van der Waals surface area (Å²) in [5, 5.41) is 17.9. The lowest BCUT2D eigenvalue weighted by molar-refractivity contribution is -0.158. The van der Waals surface area contributed by atoms with Crippen molar-refractivity contribution in [3.8, 4) is 10.6 Å². The summed E-state index contributed by atoms with van der Waals surface area (Å²) < 4.78 is 19.1. The van der Waals surface area contributed by atoms with E-state index in [1.54, 1.807) is 17.6 Å². The number of rotatable bonds is 7. The summed E-state index contributed by atoms with van der Waals surface area (Å²) in [6.45, 7) is 7.85. The molecule has 3 N–H and O–H groups in total. The normalized spacial score (nSPS) is 25.3. The number of para-hydroxylation sites is 1. The van der Waals surface area contributed by atoms with Gasteiger partial charge in [-0.25, -0.2) is 9.97 Å². The summed E-state index contributed by atoms with van der Waals surface area (Å²) in [6, 6.07) is 11.7. The average molecular weight is 522 g/mol. The van der Waals surface area contributed by atoms with Gasteiger partial charge in [-0.1, -0.05) is 12.1 Å². The molecule has 2 unspecified atom stereocenters. The highest BCUT2D eigenvalue weighted by atomic mass is 32.1. The number of ether oxygens (including phenoxy) is 2. The van der Waals surface area contributed by atoms with E-state index in [1.807, 2.05) is 58.0 Å². The van der Waals surface area contributed by atoms with Gasteiger partial charge in [-0.05, 0) is 58.4 Å². The maximum absolute atomic E-state index is 10.0. The van der Waals surface area contributed by atoms with E-state index >= 15 is 0 Å². The lowest BCUT2D eigenvalue weighted by Gasteiger charge is -2.25. The number of anilines is 2. The lowest BCUT2D eigenvalue weighted by atomic mass is 10.1. The van der Waals surface area contributed by atoms with Crippen LogP contribution in [-0.4, -0.2) is 50.7 Å². The minimum absolute atomic E-state index is 0.0188. The molecule has 1 aromatic carbocycles. The SMILES string of the molecule is Cc1nc(NC(C)c2ccco2)nc(NC2C[C@H](CO)[C@H]3OC(C)(C)O[C@@H]23)c1-c1nc2ccccc2s1. The van der Waals surface area contributed by atoms with Gasteiger partial charge in [-0.3, -0.25) is 0 Å². The Morgan fingerprint density at radius 1 is 1.11 bits per heavy atom. The Morgan fingerprint density at radius 2 is 1.92 bits per heavy atom. The van der Waals surface area contributed by atoms with Crippen LogP contribution in [-0.2, 0) is 9.47 Å². The number of aryl methyl sites for hydroxylation is 1. The number of aliphatic hydroxyl groups is 1. The van der Waals surface area contributed by atoms with E-state index in [0.717, 1.165) is 32.2 Å². The molecule has 1 aliphatic carbocycles. The Hall–Kier alpha value is -3.05. The molecule has 4 aromatic rings. The van der Waals surface area contributed by atoms with Crippen LogP contribution in [0.25, 0.3) is 20.8 Å². The topological polar surface area (TPSA) is 115 Å². The van der Waals surface area contributed by atoms with Gasteiger partial charge in [0.05, 0.1) is 45.9 Å². The summed E-state index contributed by atoms with van der Waals surface area (Å²) in [4.78, 5) is 14.6. The van der Waals surface area contributed by atoms with Gasteiger partial charge in [-0.15, -0.1) is 11.3 Å². The van der Waals surface area contributed by atoms with E-state index in [4.69, 9.17) is 28.8 Å². The third kappa shape index (κ3) is 4.59. The first-order valence-corrected chi connectivity index (χ1v) is 13.4. The van der Waals surface area contributed by atoms with Crippen LogP contribution in [0.3, 0.4) is 0 Å².